The Morgan fingerprint density at radius 1 is 0.400 bits per heavy atom. The SMILES string of the molecule is C=N.c1ccc(C(c2cccc(-c3cccc4oc5ccc(-c6ccc7c(ccc8ccccc87)c6)cc5c34)c2)c2ccc3c(c2)sc2ccccc23)cc1. The molecule has 11 rings (SSSR count). The smallest absolute Gasteiger partial charge is 0.136 e. The van der Waals surface area contributed by atoms with Gasteiger partial charge in [0.2, 0.25) is 0 Å². The highest BCUT2D eigenvalue weighted by Crippen LogP contribution is 2.42. The lowest BCUT2D eigenvalue weighted by molar-refractivity contribution is 0.669. The summed E-state index contributed by atoms with van der Waals surface area (Å²) in [7, 11) is 0. The average molecular weight is 722 g/mol. The summed E-state index contributed by atoms with van der Waals surface area (Å²) in [5.74, 6) is 0.0858. The lowest BCUT2D eigenvalue weighted by atomic mass is 9.83. The van der Waals surface area contributed by atoms with Crippen LogP contribution in [0.2, 0.25) is 0 Å². The molecule has 0 saturated heterocycles. The maximum atomic E-state index is 6.51. The molecule has 0 bridgehead atoms. The van der Waals surface area contributed by atoms with Crippen LogP contribution in [0.25, 0.3) is 85.9 Å². The second-order valence-electron chi connectivity index (χ2n) is 14.0. The molecule has 0 amide bonds. The van der Waals surface area contributed by atoms with Gasteiger partial charge in [-0.3, -0.25) is 0 Å². The minimum absolute atomic E-state index is 0.0858. The van der Waals surface area contributed by atoms with Gasteiger partial charge in [0.05, 0.1) is 0 Å². The van der Waals surface area contributed by atoms with Crippen LogP contribution in [0.4, 0.5) is 0 Å². The molecule has 1 N–H and O–H groups in total. The van der Waals surface area contributed by atoms with Gasteiger partial charge in [0.15, 0.2) is 0 Å². The Morgan fingerprint density at radius 3 is 1.98 bits per heavy atom. The molecule has 55 heavy (non-hydrogen) atoms. The van der Waals surface area contributed by atoms with E-state index in [2.05, 4.69) is 195 Å². The van der Waals surface area contributed by atoms with Gasteiger partial charge in [-0.05, 0) is 104 Å². The van der Waals surface area contributed by atoms with Crippen molar-refractivity contribution in [1.29, 1.82) is 5.41 Å². The molecule has 260 valence electrons. The highest BCUT2D eigenvalue weighted by molar-refractivity contribution is 7.25. The molecular formula is C52H35NOS. The maximum Gasteiger partial charge on any atom is 0.136 e. The van der Waals surface area contributed by atoms with E-state index >= 15 is 0 Å². The van der Waals surface area contributed by atoms with E-state index in [0.717, 1.165) is 21.9 Å². The van der Waals surface area contributed by atoms with Crippen molar-refractivity contribution in [3.63, 3.8) is 0 Å². The van der Waals surface area contributed by atoms with Gasteiger partial charge in [0.1, 0.15) is 11.2 Å². The monoisotopic (exact) mass is 721 g/mol. The van der Waals surface area contributed by atoms with Gasteiger partial charge < -0.3 is 9.83 Å². The number of benzene rings is 9. The van der Waals surface area contributed by atoms with Crippen molar-refractivity contribution in [2.24, 2.45) is 0 Å². The van der Waals surface area contributed by atoms with Crippen LogP contribution in [0.3, 0.4) is 0 Å². The zero-order valence-corrected chi connectivity index (χ0v) is 30.8. The van der Waals surface area contributed by atoms with Crippen LogP contribution in [-0.2, 0) is 0 Å². The molecule has 2 nitrogen and oxygen atoms in total. The molecule has 0 radical (unpaired) electrons. The Labute approximate surface area is 323 Å². The van der Waals surface area contributed by atoms with Crippen molar-refractivity contribution >= 4 is 81.7 Å². The molecule has 0 spiro atoms. The van der Waals surface area contributed by atoms with Crippen molar-refractivity contribution in [2.45, 2.75) is 5.92 Å². The first-order chi connectivity index (χ1) is 27.2. The van der Waals surface area contributed by atoms with Gasteiger partial charge in [-0.25, -0.2) is 0 Å². The largest absolute Gasteiger partial charge is 0.456 e. The van der Waals surface area contributed by atoms with E-state index < -0.39 is 0 Å². The van der Waals surface area contributed by atoms with Crippen molar-refractivity contribution in [1.82, 2.24) is 0 Å². The quantitative estimate of drug-likeness (QED) is 0.107. The zero-order valence-electron chi connectivity index (χ0n) is 30.0. The molecule has 9 aromatic carbocycles. The fourth-order valence-corrected chi connectivity index (χ4v) is 9.62. The van der Waals surface area contributed by atoms with Crippen LogP contribution >= 0.6 is 11.3 Å². The predicted octanol–water partition coefficient (Wildman–Crippen LogP) is 15.0. The number of furan rings is 1. The van der Waals surface area contributed by atoms with E-state index in [0.29, 0.717) is 0 Å². The summed E-state index contributed by atoms with van der Waals surface area (Å²) in [6, 6.07) is 68.8. The summed E-state index contributed by atoms with van der Waals surface area (Å²) in [5.41, 5.74) is 10.4. The van der Waals surface area contributed by atoms with Crippen LogP contribution in [0.1, 0.15) is 22.6 Å². The third kappa shape index (κ3) is 5.60. The second-order valence-corrected chi connectivity index (χ2v) is 15.1. The first-order valence-corrected chi connectivity index (χ1v) is 19.4. The van der Waals surface area contributed by atoms with Gasteiger partial charge in [0.25, 0.3) is 0 Å². The third-order valence-electron chi connectivity index (χ3n) is 11.0. The minimum atomic E-state index is 0.0858. The van der Waals surface area contributed by atoms with Crippen LogP contribution in [0.5, 0.6) is 0 Å². The van der Waals surface area contributed by atoms with Crippen molar-refractivity contribution in [2.75, 3.05) is 0 Å². The summed E-state index contributed by atoms with van der Waals surface area (Å²) in [6.07, 6.45) is 0. The van der Waals surface area contributed by atoms with Crippen LogP contribution in [0.15, 0.2) is 192 Å². The van der Waals surface area contributed by atoms with E-state index in [9.17, 15) is 0 Å². The molecular weight excluding hydrogens is 687 g/mol. The summed E-state index contributed by atoms with van der Waals surface area (Å²) in [6.45, 7) is 2.50. The third-order valence-corrected chi connectivity index (χ3v) is 12.1. The molecule has 1 unspecified atom stereocenters. The minimum Gasteiger partial charge on any atom is -0.456 e. The van der Waals surface area contributed by atoms with Crippen LogP contribution < -0.4 is 0 Å². The summed E-state index contributed by atoms with van der Waals surface area (Å²) in [5, 5.41) is 15.5. The standard InChI is InChI=1S/C51H32OS.CH3N/c1-2-11-33(12-3-1)50(39-23-26-44-43-16-6-7-19-48(43)53-49(44)31-39)38-14-8-13-36(29-38)42-17-9-18-47-51(42)45-30-35(24-27-46(45)52-47)34-22-25-41-37(28-34)21-20-32-10-4-5-15-40(32)41;1-2/h1-31,50H;2H,1H2. The van der Waals surface area contributed by atoms with Gasteiger partial charge >= 0.3 is 0 Å². The normalized spacial score (nSPS) is 12.1. The summed E-state index contributed by atoms with van der Waals surface area (Å²) >= 11 is 1.88. The summed E-state index contributed by atoms with van der Waals surface area (Å²) < 4.78 is 9.16. The van der Waals surface area contributed by atoms with E-state index in [1.165, 1.54) is 80.7 Å². The number of rotatable bonds is 5. The van der Waals surface area contributed by atoms with Gasteiger partial charge in [-0.15, -0.1) is 11.3 Å². The van der Waals surface area contributed by atoms with E-state index in [1.54, 1.807) is 0 Å². The molecule has 2 aromatic heterocycles. The van der Waals surface area contributed by atoms with Crippen molar-refractivity contribution in [3.05, 3.63) is 205 Å². The van der Waals surface area contributed by atoms with Gasteiger partial charge in [-0.2, -0.15) is 0 Å². The first-order valence-electron chi connectivity index (χ1n) is 18.5. The first kappa shape index (κ1) is 32.8. The Kier molecular flexibility index (Phi) is 8.09. The van der Waals surface area contributed by atoms with E-state index in [-0.39, 0.29) is 5.92 Å². The number of fused-ring (bicyclic) bond motifs is 9. The highest BCUT2D eigenvalue weighted by Gasteiger charge is 2.20. The Bertz CT molecular complexity index is 3210. The molecule has 0 aliphatic rings. The van der Waals surface area contributed by atoms with E-state index in [4.69, 9.17) is 9.83 Å². The van der Waals surface area contributed by atoms with Crippen LogP contribution in [0, 0.1) is 5.41 Å². The Hall–Kier alpha value is -6.81. The topological polar surface area (TPSA) is 37.0 Å². The van der Waals surface area contributed by atoms with Crippen molar-refractivity contribution < 1.29 is 4.42 Å². The average Bonchev–Trinajstić information content (AvgIpc) is 3.82. The fraction of sp³-hybridized carbons (Fsp3) is 0.0192. The van der Waals surface area contributed by atoms with Gasteiger partial charge in [0, 0.05) is 36.9 Å². The Balaban J connectivity index is 0.00000183. The number of thiophene rings is 1. The molecule has 0 fully saturated rings. The summed E-state index contributed by atoms with van der Waals surface area (Å²) in [4.78, 5) is 0. The van der Waals surface area contributed by atoms with Gasteiger partial charge in [-0.1, -0.05) is 152 Å². The molecule has 3 heteroatoms. The molecule has 0 aliphatic carbocycles. The number of hydrogen-bond donors (Lipinski definition) is 1. The zero-order chi connectivity index (χ0) is 36.9. The molecule has 0 saturated carbocycles. The molecule has 1 atom stereocenters. The predicted molar refractivity (Wildman–Crippen MR) is 236 cm³/mol. The van der Waals surface area contributed by atoms with E-state index in [1.807, 2.05) is 11.3 Å². The number of hydrogen-bond acceptors (Lipinski definition) is 3. The van der Waals surface area contributed by atoms with Crippen LogP contribution in [-0.4, -0.2) is 6.72 Å². The lowest BCUT2D eigenvalue weighted by Gasteiger charge is -2.20. The maximum absolute atomic E-state index is 6.51. The Morgan fingerprint density at radius 2 is 1.07 bits per heavy atom. The highest BCUT2D eigenvalue weighted by atomic mass is 32.1. The fourth-order valence-electron chi connectivity index (χ4n) is 8.47. The molecule has 2 heterocycles. The molecule has 0 aliphatic heterocycles. The lowest BCUT2D eigenvalue weighted by Crippen LogP contribution is -2.03. The molecule has 11 aromatic rings. The number of nitrogens with one attached hydrogen (secondary N) is 1. The van der Waals surface area contributed by atoms with Crippen molar-refractivity contribution in [3.8, 4) is 22.3 Å². The second kappa shape index (κ2) is 13.6.